The molecule has 78 valence electrons. The maximum absolute atomic E-state index is 6.08. The van der Waals surface area contributed by atoms with Crippen LogP contribution in [-0.2, 0) is 0 Å². The van der Waals surface area contributed by atoms with E-state index in [1.54, 1.807) is 19.4 Å². The van der Waals surface area contributed by atoms with Crippen LogP contribution < -0.4 is 4.74 Å². The molecule has 15 heavy (non-hydrogen) atoms. The third-order valence-corrected chi connectivity index (χ3v) is 3.36. The van der Waals surface area contributed by atoms with Crippen molar-refractivity contribution in [3.63, 3.8) is 0 Å². The lowest BCUT2D eigenvalue weighted by molar-refractivity contribution is 0.418. The molecule has 0 radical (unpaired) electrons. The minimum absolute atomic E-state index is 0.166. The second kappa shape index (κ2) is 4.12. The predicted molar refractivity (Wildman–Crippen MR) is 63.8 cm³/mol. The van der Waals surface area contributed by atoms with E-state index in [2.05, 4.69) is 25.9 Å². The number of aromatic nitrogens is 2. The molecule has 0 saturated carbocycles. The minimum atomic E-state index is 0.166. The zero-order chi connectivity index (χ0) is 11.0. The van der Waals surface area contributed by atoms with E-state index in [1.165, 1.54) is 0 Å². The van der Waals surface area contributed by atoms with E-state index < -0.39 is 0 Å². The molecule has 6 heteroatoms. The Balaban J connectivity index is 2.90. The molecule has 0 spiro atoms. The lowest BCUT2D eigenvalue weighted by Gasteiger charge is -2.07. The average molecular weight is 308 g/mol. The van der Waals surface area contributed by atoms with Gasteiger partial charge in [0.2, 0.25) is 5.28 Å². The molecule has 1 heterocycles. The highest BCUT2D eigenvalue weighted by atomic mass is 79.9. The Labute approximate surface area is 105 Å². The van der Waals surface area contributed by atoms with Gasteiger partial charge in [-0.25, -0.2) is 9.97 Å². The highest BCUT2D eigenvalue weighted by molar-refractivity contribution is 9.10. The molecule has 2 aromatic rings. The van der Waals surface area contributed by atoms with Crippen LogP contribution in [0.2, 0.25) is 10.3 Å². The monoisotopic (exact) mass is 306 g/mol. The van der Waals surface area contributed by atoms with Gasteiger partial charge in [-0.15, -0.1) is 0 Å². The smallest absolute Gasteiger partial charge is 0.223 e. The molecule has 0 saturated heterocycles. The zero-order valence-electron chi connectivity index (χ0n) is 7.59. The summed E-state index contributed by atoms with van der Waals surface area (Å²) in [5.74, 6) is 0.602. The van der Waals surface area contributed by atoms with Gasteiger partial charge in [0.15, 0.2) is 0 Å². The Kier molecular flexibility index (Phi) is 3.00. The summed E-state index contributed by atoms with van der Waals surface area (Å²) in [7, 11) is 1.56. The first kappa shape index (κ1) is 10.9. The molecule has 0 amide bonds. The van der Waals surface area contributed by atoms with E-state index in [9.17, 15) is 0 Å². The van der Waals surface area contributed by atoms with Crippen LogP contribution in [0.1, 0.15) is 0 Å². The van der Waals surface area contributed by atoms with Crippen LogP contribution >= 0.6 is 39.1 Å². The number of halogens is 3. The Hall–Kier alpha value is -0.580. The summed E-state index contributed by atoms with van der Waals surface area (Å²) >= 11 is 15.1. The highest BCUT2D eigenvalue weighted by Crippen LogP contribution is 2.36. The molecule has 0 N–H and O–H groups in total. The minimum Gasteiger partial charge on any atom is -0.494 e. The Morgan fingerprint density at radius 1 is 1.40 bits per heavy atom. The van der Waals surface area contributed by atoms with E-state index in [0.29, 0.717) is 21.7 Å². The number of hydrogen-bond donors (Lipinski definition) is 0. The topological polar surface area (TPSA) is 35.0 Å². The Morgan fingerprint density at radius 3 is 2.80 bits per heavy atom. The molecule has 0 bridgehead atoms. The van der Waals surface area contributed by atoms with Crippen LogP contribution in [0.15, 0.2) is 16.7 Å². The van der Waals surface area contributed by atoms with Crippen molar-refractivity contribution in [2.24, 2.45) is 0 Å². The van der Waals surface area contributed by atoms with E-state index in [4.69, 9.17) is 27.9 Å². The molecule has 0 fully saturated rings. The Bertz CT molecular complexity index is 533. The van der Waals surface area contributed by atoms with Gasteiger partial charge in [0.1, 0.15) is 11.3 Å². The van der Waals surface area contributed by atoms with Crippen molar-refractivity contribution in [2.75, 3.05) is 7.11 Å². The largest absolute Gasteiger partial charge is 0.494 e. The van der Waals surface area contributed by atoms with Crippen LogP contribution in [-0.4, -0.2) is 17.1 Å². The highest BCUT2D eigenvalue weighted by Gasteiger charge is 2.11. The molecule has 2 rings (SSSR count). The van der Waals surface area contributed by atoms with E-state index in [-0.39, 0.29) is 5.28 Å². The molecular formula is C9H5BrCl2N2O. The number of methoxy groups -OCH3 is 1. The van der Waals surface area contributed by atoms with Gasteiger partial charge in [0, 0.05) is 16.1 Å². The summed E-state index contributed by atoms with van der Waals surface area (Å²) < 4.78 is 5.92. The maximum atomic E-state index is 6.08. The second-order valence-electron chi connectivity index (χ2n) is 2.78. The van der Waals surface area contributed by atoms with Crippen LogP contribution in [0.3, 0.4) is 0 Å². The van der Waals surface area contributed by atoms with Crippen molar-refractivity contribution in [1.29, 1.82) is 0 Å². The molecule has 0 atom stereocenters. The molecule has 1 aromatic heterocycles. The van der Waals surface area contributed by atoms with Crippen molar-refractivity contribution >= 4 is 50.0 Å². The second-order valence-corrected chi connectivity index (χ2v) is 4.35. The lowest BCUT2D eigenvalue weighted by atomic mass is 10.2. The summed E-state index contributed by atoms with van der Waals surface area (Å²) in [6.07, 6.45) is 1.57. The van der Waals surface area contributed by atoms with Gasteiger partial charge < -0.3 is 4.74 Å². The first-order valence-electron chi connectivity index (χ1n) is 3.97. The van der Waals surface area contributed by atoms with Crippen LogP contribution in [0.25, 0.3) is 10.9 Å². The van der Waals surface area contributed by atoms with Crippen molar-refractivity contribution in [3.8, 4) is 5.75 Å². The molecule has 0 aliphatic carbocycles. The fourth-order valence-corrected chi connectivity index (χ4v) is 1.99. The summed E-state index contributed by atoms with van der Waals surface area (Å²) in [6, 6.07) is 1.74. The van der Waals surface area contributed by atoms with Crippen LogP contribution in [0.5, 0.6) is 5.75 Å². The number of nitrogens with zero attached hydrogens (tertiary/aromatic N) is 2. The predicted octanol–water partition coefficient (Wildman–Crippen LogP) is 3.71. The first-order chi connectivity index (χ1) is 7.13. The van der Waals surface area contributed by atoms with Crippen molar-refractivity contribution < 1.29 is 4.74 Å². The van der Waals surface area contributed by atoms with Gasteiger partial charge in [0.05, 0.1) is 12.1 Å². The quantitative estimate of drug-likeness (QED) is 0.753. The van der Waals surface area contributed by atoms with Gasteiger partial charge in [-0.3, -0.25) is 0 Å². The SMILES string of the molecule is COc1cc(Br)c(Cl)c2cnc(Cl)nc12. The van der Waals surface area contributed by atoms with E-state index >= 15 is 0 Å². The normalized spacial score (nSPS) is 10.7. The Morgan fingerprint density at radius 2 is 2.13 bits per heavy atom. The average Bonchev–Trinajstić information content (AvgIpc) is 2.23. The third-order valence-electron chi connectivity index (χ3n) is 1.92. The molecule has 0 aliphatic heterocycles. The van der Waals surface area contributed by atoms with Gasteiger partial charge in [-0.2, -0.15) is 0 Å². The number of fused-ring (bicyclic) bond motifs is 1. The van der Waals surface area contributed by atoms with E-state index in [0.717, 1.165) is 4.47 Å². The van der Waals surface area contributed by atoms with Gasteiger partial charge in [-0.1, -0.05) is 11.6 Å². The lowest BCUT2D eigenvalue weighted by Crippen LogP contribution is -1.91. The maximum Gasteiger partial charge on any atom is 0.223 e. The van der Waals surface area contributed by atoms with Crippen molar-refractivity contribution in [2.45, 2.75) is 0 Å². The van der Waals surface area contributed by atoms with Crippen LogP contribution in [0.4, 0.5) is 0 Å². The molecule has 3 nitrogen and oxygen atoms in total. The number of ether oxygens (including phenoxy) is 1. The van der Waals surface area contributed by atoms with Gasteiger partial charge >= 0.3 is 0 Å². The molecular weight excluding hydrogens is 303 g/mol. The standard InChI is InChI=1S/C9H5BrCl2N2O/c1-15-6-2-5(10)7(11)4-3-13-9(12)14-8(4)6/h2-3H,1H3. The summed E-state index contributed by atoms with van der Waals surface area (Å²) in [4.78, 5) is 7.95. The fraction of sp³-hybridized carbons (Fsp3) is 0.111. The zero-order valence-corrected chi connectivity index (χ0v) is 10.7. The fourth-order valence-electron chi connectivity index (χ4n) is 1.24. The summed E-state index contributed by atoms with van der Waals surface area (Å²) in [6.45, 7) is 0. The van der Waals surface area contributed by atoms with Gasteiger partial charge in [-0.05, 0) is 33.6 Å². The molecule has 1 aromatic carbocycles. The molecule has 0 aliphatic rings. The molecule has 0 unspecified atom stereocenters. The number of hydrogen-bond acceptors (Lipinski definition) is 3. The van der Waals surface area contributed by atoms with Crippen LogP contribution in [0, 0.1) is 0 Å². The summed E-state index contributed by atoms with van der Waals surface area (Å²) in [5, 5.41) is 1.41. The first-order valence-corrected chi connectivity index (χ1v) is 5.52. The van der Waals surface area contributed by atoms with E-state index in [1.807, 2.05) is 0 Å². The van der Waals surface area contributed by atoms with Crippen molar-refractivity contribution in [1.82, 2.24) is 9.97 Å². The van der Waals surface area contributed by atoms with Gasteiger partial charge in [0.25, 0.3) is 0 Å². The number of benzene rings is 1. The number of rotatable bonds is 1. The third kappa shape index (κ3) is 1.89. The summed E-state index contributed by atoms with van der Waals surface area (Å²) in [5.41, 5.74) is 0.603. The van der Waals surface area contributed by atoms with Crippen molar-refractivity contribution in [3.05, 3.63) is 27.0 Å².